The van der Waals surface area contributed by atoms with Gasteiger partial charge in [0.1, 0.15) is 11.3 Å². The number of ether oxygens (including phenoxy) is 2. The lowest BCUT2D eigenvalue weighted by molar-refractivity contribution is -0.385. The maximum absolute atomic E-state index is 12.3. The van der Waals surface area contributed by atoms with E-state index in [1.54, 1.807) is 24.3 Å². The molecule has 0 aromatic heterocycles. The first kappa shape index (κ1) is 18.9. The van der Waals surface area contributed by atoms with Crippen LogP contribution < -0.4 is 10.1 Å². The van der Waals surface area contributed by atoms with Gasteiger partial charge in [-0.1, -0.05) is 24.3 Å². The Kier molecular flexibility index (Phi) is 6.26. The van der Waals surface area contributed by atoms with E-state index in [1.165, 1.54) is 31.2 Å². The minimum Gasteiger partial charge on any atom is -0.492 e. The molecule has 1 N–H and O–H groups in total. The molecule has 2 aromatic rings. The SMILES string of the molecule is CCOc1ccccc1NC(=O)[C@@H](C)OC(=O)c1ccccc1[N+](=O)[O-]. The Balaban J connectivity index is 2.08. The molecule has 0 aliphatic heterocycles. The zero-order valence-electron chi connectivity index (χ0n) is 14.3. The van der Waals surface area contributed by atoms with Gasteiger partial charge in [0.15, 0.2) is 6.10 Å². The van der Waals surface area contributed by atoms with Crippen molar-refractivity contribution in [1.82, 2.24) is 0 Å². The van der Waals surface area contributed by atoms with Crippen molar-refractivity contribution in [2.45, 2.75) is 20.0 Å². The third-order valence-electron chi connectivity index (χ3n) is 3.42. The Labute approximate surface area is 149 Å². The Morgan fingerprint density at radius 1 is 1.15 bits per heavy atom. The fraction of sp³-hybridized carbons (Fsp3) is 0.222. The van der Waals surface area contributed by atoms with Crippen LogP contribution >= 0.6 is 0 Å². The van der Waals surface area contributed by atoms with Gasteiger partial charge in [-0.05, 0) is 32.0 Å². The number of benzene rings is 2. The summed E-state index contributed by atoms with van der Waals surface area (Å²) < 4.78 is 10.5. The highest BCUT2D eigenvalue weighted by Crippen LogP contribution is 2.24. The first-order valence-corrected chi connectivity index (χ1v) is 7.91. The fourth-order valence-electron chi connectivity index (χ4n) is 2.17. The lowest BCUT2D eigenvalue weighted by Crippen LogP contribution is -2.30. The van der Waals surface area contributed by atoms with Crippen LogP contribution in [0, 0.1) is 10.1 Å². The second kappa shape index (κ2) is 8.61. The summed E-state index contributed by atoms with van der Waals surface area (Å²) in [4.78, 5) is 34.8. The smallest absolute Gasteiger partial charge is 0.345 e. The highest BCUT2D eigenvalue weighted by molar-refractivity contribution is 5.99. The fourth-order valence-corrected chi connectivity index (χ4v) is 2.17. The van der Waals surface area contributed by atoms with E-state index in [-0.39, 0.29) is 11.3 Å². The number of hydrogen-bond acceptors (Lipinski definition) is 6. The molecule has 0 fully saturated rings. The van der Waals surface area contributed by atoms with E-state index in [4.69, 9.17) is 9.47 Å². The summed E-state index contributed by atoms with van der Waals surface area (Å²) in [5.74, 6) is -1.04. The molecule has 0 saturated heterocycles. The Bertz CT molecular complexity index is 821. The monoisotopic (exact) mass is 358 g/mol. The van der Waals surface area contributed by atoms with Crippen LogP contribution in [0.5, 0.6) is 5.75 Å². The van der Waals surface area contributed by atoms with E-state index in [9.17, 15) is 19.7 Å². The number of hydrogen-bond donors (Lipinski definition) is 1. The van der Waals surface area contributed by atoms with Crippen molar-refractivity contribution >= 4 is 23.3 Å². The van der Waals surface area contributed by atoms with Gasteiger partial charge < -0.3 is 14.8 Å². The van der Waals surface area contributed by atoms with E-state index in [2.05, 4.69) is 5.32 Å². The summed E-state index contributed by atoms with van der Waals surface area (Å²) in [6.45, 7) is 3.62. The van der Waals surface area contributed by atoms with Gasteiger partial charge in [0.25, 0.3) is 11.6 Å². The minimum absolute atomic E-state index is 0.216. The Morgan fingerprint density at radius 3 is 2.50 bits per heavy atom. The van der Waals surface area contributed by atoms with Crippen LogP contribution in [0.25, 0.3) is 0 Å². The minimum atomic E-state index is -1.16. The van der Waals surface area contributed by atoms with Crippen molar-refractivity contribution in [3.05, 3.63) is 64.2 Å². The summed E-state index contributed by atoms with van der Waals surface area (Å²) in [5.41, 5.74) is -0.161. The van der Waals surface area contributed by atoms with Gasteiger partial charge in [-0.15, -0.1) is 0 Å². The molecule has 26 heavy (non-hydrogen) atoms. The number of para-hydroxylation sites is 3. The highest BCUT2D eigenvalue weighted by atomic mass is 16.6. The topological polar surface area (TPSA) is 108 Å². The average molecular weight is 358 g/mol. The molecular weight excluding hydrogens is 340 g/mol. The summed E-state index contributed by atoms with van der Waals surface area (Å²) in [7, 11) is 0. The number of rotatable bonds is 7. The number of esters is 1. The number of nitrogens with zero attached hydrogens (tertiary/aromatic N) is 1. The maximum atomic E-state index is 12.3. The number of carbonyl (C=O) groups is 2. The molecule has 2 aromatic carbocycles. The van der Waals surface area contributed by atoms with E-state index >= 15 is 0 Å². The lowest BCUT2D eigenvalue weighted by atomic mass is 10.2. The molecule has 2 rings (SSSR count). The van der Waals surface area contributed by atoms with Gasteiger partial charge in [-0.25, -0.2) is 4.79 Å². The number of nitro benzene ring substituents is 1. The molecule has 0 aliphatic rings. The van der Waals surface area contributed by atoms with Gasteiger partial charge in [0.2, 0.25) is 0 Å². The zero-order valence-corrected chi connectivity index (χ0v) is 14.3. The summed E-state index contributed by atoms with van der Waals surface area (Å²) in [6, 6.07) is 12.2. The number of nitrogens with one attached hydrogen (secondary N) is 1. The van der Waals surface area contributed by atoms with Gasteiger partial charge in [0, 0.05) is 6.07 Å². The molecule has 136 valence electrons. The summed E-state index contributed by atoms with van der Waals surface area (Å²) >= 11 is 0. The third-order valence-corrected chi connectivity index (χ3v) is 3.42. The first-order valence-electron chi connectivity index (χ1n) is 7.91. The van der Waals surface area contributed by atoms with Crippen molar-refractivity contribution in [3.63, 3.8) is 0 Å². The quantitative estimate of drug-likeness (QED) is 0.463. The van der Waals surface area contributed by atoms with Crippen LogP contribution in [-0.4, -0.2) is 29.5 Å². The predicted octanol–water partition coefficient (Wildman–Crippen LogP) is 3.18. The molecule has 1 atom stereocenters. The van der Waals surface area contributed by atoms with E-state index in [1.807, 2.05) is 6.92 Å². The van der Waals surface area contributed by atoms with Crippen LogP contribution in [0.2, 0.25) is 0 Å². The van der Waals surface area contributed by atoms with E-state index < -0.39 is 22.9 Å². The predicted molar refractivity (Wildman–Crippen MR) is 94.2 cm³/mol. The lowest BCUT2D eigenvalue weighted by Gasteiger charge is -2.15. The van der Waals surface area contributed by atoms with Crippen LogP contribution in [0.15, 0.2) is 48.5 Å². The van der Waals surface area contributed by atoms with Crippen molar-refractivity contribution in [1.29, 1.82) is 0 Å². The number of nitro groups is 1. The molecule has 0 heterocycles. The van der Waals surface area contributed by atoms with E-state index in [0.717, 1.165) is 0 Å². The molecular formula is C18H18N2O6. The molecule has 8 nitrogen and oxygen atoms in total. The normalized spacial score (nSPS) is 11.3. The van der Waals surface area contributed by atoms with Gasteiger partial charge in [0.05, 0.1) is 17.2 Å². The molecule has 0 spiro atoms. The number of carbonyl (C=O) groups excluding carboxylic acids is 2. The molecule has 0 aliphatic carbocycles. The highest BCUT2D eigenvalue weighted by Gasteiger charge is 2.25. The molecule has 1 amide bonds. The van der Waals surface area contributed by atoms with Gasteiger partial charge in [-0.2, -0.15) is 0 Å². The average Bonchev–Trinajstić information content (AvgIpc) is 2.63. The van der Waals surface area contributed by atoms with Crippen molar-refractivity contribution in [2.75, 3.05) is 11.9 Å². The maximum Gasteiger partial charge on any atom is 0.345 e. The molecule has 8 heteroatoms. The standard InChI is InChI=1S/C18H18N2O6/c1-3-25-16-11-7-5-9-14(16)19-17(21)12(2)26-18(22)13-8-4-6-10-15(13)20(23)24/h4-12H,3H2,1-2H3,(H,19,21)/t12-/m1/s1. The van der Waals surface area contributed by atoms with Crippen molar-refractivity contribution in [2.24, 2.45) is 0 Å². The molecule has 0 radical (unpaired) electrons. The van der Waals surface area contributed by atoms with Crippen LogP contribution in [0.4, 0.5) is 11.4 Å². The van der Waals surface area contributed by atoms with Crippen molar-refractivity contribution in [3.8, 4) is 5.75 Å². The van der Waals surface area contributed by atoms with Crippen molar-refractivity contribution < 1.29 is 24.0 Å². The van der Waals surface area contributed by atoms with Gasteiger partial charge >= 0.3 is 5.97 Å². The van der Waals surface area contributed by atoms with Gasteiger partial charge in [-0.3, -0.25) is 14.9 Å². The first-order chi connectivity index (χ1) is 12.4. The zero-order chi connectivity index (χ0) is 19.1. The van der Waals surface area contributed by atoms with Crippen LogP contribution in [-0.2, 0) is 9.53 Å². The van der Waals surface area contributed by atoms with E-state index in [0.29, 0.717) is 18.0 Å². The molecule has 0 saturated carbocycles. The Hall–Kier alpha value is -3.42. The second-order valence-electron chi connectivity index (χ2n) is 5.24. The molecule has 0 bridgehead atoms. The van der Waals surface area contributed by atoms with Crippen LogP contribution in [0.3, 0.4) is 0 Å². The Morgan fingerprint density at radius 2 is 1.81 bits per heavy atom. The number of anilines is 1. The number of amides is 1. The molecule has 0 unspecified atom stereocenters. The largest absolute Gasteiger partial charge is 0.492 e. The summed E-state index contributed by atoms with van der Waals surface area (Å²) in [6.07, 6.45) is -1.16. The summed E-state index contributed by atoms with van der Waals surface area (Å²) in [5, 5.41) is 13.6. The van der Waals surface area contributed by atoms with Crippen LogP contribution in [0.1, 0.15) is 24.2 Å². The third kappa shape index (κ3) is 4.56. The second-order valence-corrected chi connectivity index (χ2v) is 5.24.